The fourth-order valence-corrected chi connectivity index (χ4v) is 1.87. The first-order valence-electron chi connectivity index (χ1n) is 6.14. The molecule has 0 aliphatic heterocycles. The number of nitrogen functional groups attached to an aromatic ring is 1. The van der Waals surface area contributed by atoms with Crippen molar-refractivity contribution < 1.29 is 9.53 Å². The quantitative estimate of drug-likeness (QED) is 0.520. The van der Waals surface area contributed by atoms with E-state index in [0.717, 1.165) is 5.56 Å². The van der Waals surface area contributed by atoms with Gasteiger partial charge in [0.25, 0.3) is 0 Å². The molecule has 0 atom stereocenters. The van der Waals surface area contributed by atoms with Gasteiger partial charge in [-0.25, -0.2) is 10.2 Å². The van der Waals surface area contributed by atoms with Gasteiger partial charge in [0.05, 0.1) is 7.11 Å². The Balaban J connectivity index is 2.46. The highest BCUT2D eigenvalue weighted by atomic mass is 35.5. The molecule has 0 radical (unpaired) electrons. The molecular formula is C15H14ClN3O2. The summed E-state index contributed by atoms with van der Waals surface area (Å²) in [6, 6.07) is 14.3. The van der Waals surface area contributed by atoms with Gasteiger partial charge in [-0.05, 0) is 18.2 Å². The molecule has 0 unspecified atom stereocenters. The zero-order valence-corrected chi connectivity index (χ0v) is 12.1. The summed E-state index contributed by atoms with van der Waals surface area (Å²) in [5.74, 6) is 0. The monoisotopic (exact) mass is 303 g/mol. The predicted octanol–water partition coefficient (Wildman–Crippen LogP) is 3.03. The standard InChI is InChI=1S/C15H14ClN3O2/c1-21-15(20)19-18-14(10-6-8-11(16)9-7-10)12-4-2-3-5-13(12)17/h2-9H,17H2,1H3,(H,19,20)/b18-14-. The molecule has 0 bridgehead atoms. The molecule has 2 rings (SSSR count). The maximum Gasteiger partial charge on any atom is 0.427 e. The summed E-state index contributed by atoms with van der Waals surface area (Å²) in [6.07, 6.45) is -0.657. The number of methoxy groups -OCH3 is 1. The Morgan fingerprint density at radius 2 is 1.86 bits per heavy atom. The van der Waals surface area contributed by atoms with Gasteiger partial charge < -0.3 is 10.5 Å². The molecule has 6 heteroatoms. The summed E-state index contributed by atoms with van der Waals surface area (Å²) in [5.41, 5.74) is 10.8. The van der Waals surface area contributed by atoms with Crippen LogP contribution in [-0.4, -0.2) is 18.9 Å². The Morgan fingerprint density at radius 3 is 2.48 bits per heavy atom. The lowest BCUT2D eigenvalue weighted by atomic mass is 10.0. The third-order valence-corrected chi connectivity index (χ3v) is 3.03. The molecule has 0 saturated carbocycles. The van der Waals surface area contributed by atoms with E-state index < -0.39 is 6.09 Å². The first-order valence-corrected chi connectivity index (χ1v) is 6.52. The highest BCUT2D eigenvalue weighted by Gasteiger charge is 2.11. The van der Waals surface area contributed by atoms with Crippen LogP contribution in [-0.2, 0) is 4.74 Å². The van der Waals surface area contributed by atoms with E-state index in [0.29, 0.717) is 22.0 Å². The van der Waals surface area contributed by atoms with Crippen LogP contribution in [0.3, 0.4) is 0 Å². The van der Waals surface area contributed by atoms with Crippen LogP contribution in [0.2, 0.25) is 5.02 Å². The number of ether oxygens (including phenoxy) is 1. The molecule has 1 amide bonds. The van der Waals surface area contributed by atoms with Gasteiger partial charge in [-0.15, -0.1) is 0 Å². The zero-order valence-electron chi connectivity index (χ0n) is 11.3. The number of hydrogen-bond acceptors (Lipinski definition) is 4. The molecule has 0 spiro atoms. The summed E-state index contributed by atoms with van der Waals surface area (Å²) < 4.78 is 4.51. The topological polar surface area (TPSA) is 76.7 Å². The lowest BCUT2D eigenvalue weighted by Gasteiger charge is -2.10. The van der Waals surface area contributed by atoms with Crippen LogP contribution >= 0.6 is 11.6 Å². The zero-order chi connectivity index (χ0) is 15.2. The molecular weight excluding hydrogens is 290 g/mol. The molecule has 0 aliphatic carbocycles. The van der Waals surface area contributed by atoms with Gasteiger partial charge in [-0.2, -0.15) is 5.10 Å². The van der Waals surface area contributed by atoms with Crippen LogP contribution in [0.15, 0.2) is 53.6 Å². The smallest absolute Gasteiger partial charge is 0.427 e. The van der Waals surface area contributed by atoms with Gasteiger partial charge in [0.2, 0.25) is 0 Å². The van der Waals surface area contributed by atoms with Crippen LogP contribution in [0.4, 0.5) is 10.5 Å². The fraction of sp³-hybridized carbons (Fsp3) is 0.0667. The van der Waals surface area contributed by atoms with Crippen molar-refractivity contribution in [3.63, 3.8) is 0 Å². The Labute approximate surface area is 127 Å². The highest BCUT2D eigenvalue weighted by molar-refractivity contribution is 6.30. The number of nitrogens with zero attached hydrogens (tertiary/aromatic N) is 1. The lowest BCUT2D eigenvalue weighted by molar-refractivity contribution is 0.171. The van der Waals surface area contributed by atoms with Crippen molar-refractivity contribution in [1.29, 1.82) is 0 Å². The minimum absolute atomic E-state index is 0.523. The fourth-order valence-electron chi connectivity index (χ4n) is 1.75. The van der Waals surface area contributed by atoms with E-state index in [1.165, 1.54) is 7.11 Å². The first-order chi connectivity index (χ1) is 10.1. The number of benzene rings is 2. The number of nitrogens with one attached hydrogen (secondary N) is 1. The Bertz CT molecular complexity index is 669. The molecule has 0 heterocycles. The van der Waals surface area contributed by atoms with E-state index in [1.807, 2.05) is 18.2 Å². The van der Waals surface area contributed by atoms with Crippen molar-refractivity contribution in [2.24, 2.45) is 5.10 Å². The van der Waals surface area contributed by atoms with Crippen LogP contribution in [0, 0.1) is 0 Å². The maximum atomic E-state index is 11.2. The first kappa shape index (κ1) is 14.9. The highest BCUT2D eigenvalue weighted by Crippen LogP contribution is 2.18. The molecule has 3 N–H and O–H groups in total. The van der Waals surface area contributed by atoms with Crippen LogP contribution in [0.5, 0.6) is 0 Å². The molecule has 108 valence electrons. The number of carbonyl (C=O) groups is 1. The van der Waals surface area contributed by atoms with Crippen LogP contribution < -0.4 is 11.2 Å². The second-order valence-electron chi connectivity index (χ2n) is 4.16. The summed E-state index contributed by atoms with van der Waals surface area (Å²) in [6.45, 7) is 0. The molecule has 21 heavy (non-hydrogen) atoms. The predicted molar refractivity (Wildman–Crippen MR) is 83.5 cm³/mol. The van der Waals surface area contributed by atoms with E-state index in [4.69, 9.17) is 17.3 Å². The van der Waals surface area contributed by atoms with E-state index in [2.05, 4.69) is 15.3 Å². The van der Waals surface area contributed by atoms with Gasteiger partial charge in [0.15, 0.2) is 0 Å². The van der Waals surface area contributed by atoms with Crippen molar-refractivity contribution >= 4 is 29.1 Å². The number of carbonyl (C=O) groups excluding carboxylic acids is 1. The van der Waals surface area contributed by atoms with E-state index in [1.54, 1.807) is 30.3 Å². The normalized spacial score (nSPS) is 11.0. The molecule has 2 aromatic carbocycles. The number of amides is 1. The van der Waals surface area contributed by atoms with Gasteiger partial charge >= 0.3 is 6.09 Å². The number of hydrazone groups is 1. The van der Waals surface area contributed by atoms with Gasteiger partial charge in [0.1, 0.15) is 5.71 Å². The minimum atomic E-state index is -0.657. The number of hydrogen-bond donors (Lipinski definition) is 2. The second kappa shape index (κ2) is 6.76. The third kappa shape index (κ3) is 3.73. The number of para-hydroxylation sites is 1. The van der Waals surface area contributed by atoms with Crippen LogP contribution in [0.25, 0.3) is 0 Å². The van der Waals surface area contributed by atoms with E-state index >= 15 is 0 Å². The number of rotatable bonds is 3. The number of anilines is 1. The Hall–Kier alpha value is -2.53. The molecule has 0 aliphatic rings. The Morgan fingerprint density at radius 1 is 1.19 bits per heavy atom. The lowest BCUT2D eigenvalue weighted by Crippen LogP contribution is -2.20. The van der Waals surface area contributed by atoms with Gasteiger partial charge in [-0.1, -0.05) is 41.9 Å². The molecule has 0 aromatic heterocycles. The number of nitrogens with two attached hydrogens (primary N) is 1. The van der Waals surface area contributed by atoms with Crippen molar-refractivity contribution in [2.75, 3.05) is 12.8 Å². The average Bonchev–Trinajstić information content (AvgIpc) is 2.50. The molecule has 0 saturated heterocycles. The Kier molecular flexibility index (Phi) is 4.79. The van der Waals surface area contributed by atoms with Crippen molar-refractivity contribution in [1.82, 2.24) is 5.43 Å². The maximum absolute atomic E-state index is 11.2. The van der Waals surface area contributed by atoms with E-state index in [9.17, 15) is 4.79 Å². The molecule has 5 nitrogen and oxygen atoms in total. The SMILES string of the molecule is COC(=O)N/N=C(/c1ccc(Cl)cc1)c1ccccc1N. The molecule has 2 aromatic rings. The van der Waals surface area contributed by atoms with Crippen molar-refractivity contribution in [3.05, 3.63) is 64.7 Å². The van der Waals surface area contributed by atoms with Crippen molar-refractivity contribution in [2.45, 2.75) is 0 Å². The largest absolute Gasteiger partial charge is 0.452 e. The second-order valence-corrected chi connectivity index (χ2v) is 4.59. The summed E-state index contributed by atoms with van der Waals surface area (Å²) in [5, 5.41) is 4.71. The van der Waals surface area contributed by atoms with E-state index in [-0.39, 0.29) is 0 Å². The minimum Gasteiger partial charge on any atom is -0.452 e. The molecule has 0 fully saturated rings. The summed E-state index contributed by atoms with van der Waals surface area (Å²) in [7, 11) is 1.27. The van der Waals surface area contributed by atoms with Gasteiger partial charge in [-0.3, -0.25) is 0 Å². The van der Waals surface area contributed by atoms with Crippen LogP contribution in [0.1, 0.15) is 11.1 Å². The average molecular weight is 304 g/mol. The number of halogens is 1. The third-order valence-electron chi connectivity index (χ3n) is 2.78. The summed E-state index contributed by atoms with van der Waals surface area (Å²) in [4.78, 5) is 11.2. The van der Waals surface area contributed by atoms with Crippen molar-refractivity contribution in [3.8, 4) is 0 Å². The van der Waals surface area contributed by atoms with Gasteiger partial charge in [0, 0.05) is 21.8 Å². The summed E-state index contributed by atoms with van der Waals surface area (Å²) >= 11 is 5.89.